The first-order valence-electron chi connectivity index (χ1n) is 9.35. The van der Waals surface area contributed by atoms with E-state index in [9.17, 15) is 0 Å². The van der Waals surface area contributed by atoms with Crippen LogP contribution in [0.4, 0.5) is 0 Å². The third-order valence-electron chi connectivity index (χ3n) is 5.12. The third-order valence-corrected chi connectivity index (χ3v) is 17.6. The molecule has 0 spiro atoms. The second-order valence-electron chi connectivity index (χ2n) is 7.73. The van der Waals surface area contributed by atoms with Gasteiger partial charge in [0.15, 0.2) is 16.6 Å². The van der Waals surface area contributed by atoms with Crippen LogP contribution in [0.3, 0.4) is 0 Å². The molecule has 0 aromatic rings. The van der Waals surface area contributed by atoms with E-state index < -0.39 is 25.0 Å². The molecule has 0 rings (SSSR count). The summed E-state index contributed by atoms with van der Waals surface area (Å²) in [5, 5.41) is 0. The minimum atomic E-state index is -1.68. The molecule has 138 valence electrons. The molecular weight excluding hydrogens is 332 g/mol. The minimum Gasteiger partial charge on any atom is -0.453 e. The van der Waals surface area contributed by atoms with Crippen LogP contribution >= 0.6 is 0 Å². The molecule has 3 nitrogen and oxygen atoms in total. The Kier molecular flexibility index (Phi) is 9.79. The van der Waals surface area contributed by atoms with Crippen LogP contribution in [0.2, 0.25) is 44.8 Å². The predicted molar refractivity (Wildman–Crippen MR) is 113 cm³/mol. The summed E-state index contributed by atoms with van der Waals surface area (Å²) in [6.45, 7) is 29.7. The van der Waals surface area contributed by atoms with Gasteiger partial charge in [0, 0.05) is 0 Å². The largest absolute Gasteiger partial charge is 0.453 e. The standard InChI is InChI=1S/C17H42N2OSi3/c1-11-18(12-2)23(10,19(13-3)14-4)17-16-22(8,9)20-21(6,7)15-5/h15H,5,11-14,16-17H2,1-4,6-10H3. The Morgan fingerprint density at radius 2 is 1.17 bits per heavy atom. The molecule has 0 aliphatic heterocycles. The molecular formula is C17H42N2OSi3. The maximum absolute atomic E-state index is 6.61. The van der Waals surface area contributed by atoms with Crippen LogP contribution < -0.4 is 0 Å². The van der Waals surface area contributed by atoms with Gasteiger partial charge in [-0.2, -0.15) is 0 Å². The molecule has 0 aromatic heterocycles. The maximum atomic E-state index is 6.61. The summed E-state index contributed by atoms with van der Waals surface area (Å²) in [4.78, 5) is 0. The van der Waals surface area contributed by atoms with Crippen molar-refractivity contribution >= 4 is 25.0 Å². The van der Waals surface area contributed by atoms with Gasteiger partial charge in [-0.25, -0.2) is 0 Å². The Balaban J connectivity index is 5.21. The summed E-state index contributed by atoms with van der Waals surface area (Å²) >= 11 is 0. The molecule has 0 atom stereocenters. The molecule has 0 radical (unpaired) electrons. The van der Waals surface area contributed by atoms with Gasteiger partial charge in [0.25, 0.3) is 0 Å². The van der Waals surface area contributed by atoms with Gasteiger partial charge in [0.2, 0.25) is 8.40 Å². The van der Waals surface area contributed by atoms with E-state index in [4.69, 9.17) is 4.12 Å². The van der Waals surface area contributed by atoms with Gasteiger partial charge in [-0.3, -0.25) is 0 Å². The van der Waals surface area contributed by atoms with E-state index in [0.717, 1.165) is 26.2 Å². The lowest BCUT2D eigenvalue weighted by Gasteiger charge is -2.47. The van der Waals surface area contributed by atoms with Crippen LogP contribution in [0.1, 0.15) is 27.7 Å². The first-order valence-corrected chi connectivity index (χ1v) is 18.1. The molecule has 0 saturated carbocycles. The fourth-order valence-corrected chi connectivity index (χ4v) is 18.2. The highest BCUT2D eigenvalue weighted by atomic mass is 28.4. The molecule has 0 heterocycles. The highest BCUT2D eigenvalue weighted by Crippen LogP contribution is 2.28. The third kappa shape index (κ3) is 6.96. The lowest BCUT2D eigenvalue weighted by atomic mass is 10.7. The zero-order chi connectivity index (χ0) is 18.3. The Bertz CT molecular complexity index is 342. The van der Waals surface area contributed by atoms with Gasteiger partial charge in [-0.15, -0.1) is 6.58 Å². The van der Waals surface area contributed by atoms with Crippen molar-refractivity contribution in [2.75, 3.05) is 26.2 Å². The summed E-state index contributed by atoms with van der Waals surface area (Å²) in [5.74, 6) is 0. The SMILES string of the molecule is C=C[Si](C)(C)O[Si](C)(C)CC[Si](C)(N(CC)CC)N(CC)CC. The predicted octanol–water partition coefficient (Wildman–Crippen LogP) is 4.89. The highest BCUT2D eigenvalue weighted by Gasteiger charge is 2.41. The van der Waals surface area contributed by atoms with E-state index in [0.29, 0.717) is 0 Å². The zero-order valence-corrected chi connectivity index (χ0v) is 20.3. The van der Waals surface area contributed by atoms with Crippen LogP contribution in [0, 0.1) is 0 Å². The quantitative estimate of drug-likeness (QED) is 0.452. The van der Waals surface area contributed by atoms with Gasteiger partial charge < -0.3 is 13.2 Å². The first-order chi connectivity index (χ1) is 10.5. The smallest absolute Gasteiger partial charge is 0.203 e. The van der Waals surface area contributed by atoms with Crippen molar-refractivity contribution in [2.45, 2.75) is 72.5 Å². The molecule has 0 amide bonds. The summed E-state index contributed by atoms with van der Waals surface area (Å²) in [5.41, 5.74) is 2.08. The lowest BCUT2D eigenvalue weighted by Crippen LogP contribution is -2.64. The highest BCUT2D eigenvalue weighted by molar-refractivity contribution is 6.88. The van der Waals surface area contributed by atoms with Crippen molar-refractivity contribution in [1.82, 2.24) is 9.13 Å². The summed E-state index contributed by atoms with van der Waals surface area (Å²) in [7, 11) is -4.92. The molecule has 6 heteroatoms. The van der Waals surface area contributed by atoms with Crippen LogP contribution in [-0.4, -0.2) is 60.3 Å². The van der Waals surface area contributed by atoms with Gasteiger partial charge in [-0.1, -0.05) is 33.4 Å². The molecule has 0 saturated heterocycles. The van der Waals surface area contributed by atoms with Crippen molar-refractivity contribution in [3.63, 3.8) is 0 Å². The van der Waals surface area contributed by atoms with Gasteiger partial charge in [0.05, 0.1) is 0 Å². The molecule has 0 aliphatic rings. The van der Waals surface area contributed by atoms with E-state index in [1.165, 1.54) is 12.1 Å². The number of nitrogens with zero attached hydrogens (tertiary/aromatic N) is 2. The summed E-state index contributed by atoms with van der Waals surface area (Å²) in [6, 6.07) is 2.57. The molecule has 23 heavy (non-hydrogen) atoms. The van der Waals surface area contributed by atoms with Crippen LogP contribution in [-0.2, 0) is 4.12 Å². The summed E-state index contributed by atoms with van der Waals surface area (Å²) < 4.78 is 12.1. The molecule has 0 bridgehead atoms. The van der Waals surface area contributed by atoms with Crippen molar-refractivity contribution < 1.29 is 4.12 Å². The average Bonchev–Trinajstić information content (AvgIpc) is 2.47. The molecule has 0 N–H and O–H groups in total. The molecule has 0 aromatic carbocycles. The van der Waals surface area contributed by atoms with E-state index in [-0.39, 0.29) is 0 Å². The van der Waals surface area contributed by atoms with Gasteiger partial charge in [0.1, 0.15) is 0 Å². The van der Waals surface area contributed by atoms with E-state index in [2.05, 4.69) is 81.8 Å². The fraction of sp³-hybridized carbons (Fsp3) is 0.882. The Morgan fingerprint density at radius 3 is 1.48 bits per heavy atom. The van der Waals surface area contributed by atoms with E-state index in [1.54, 1.807) is 0 Å². The molecule has 0 aliphatic carbocycles. The van der Waals surface area contributed by atoms with E-state index >= 15 is 0 Å². The van der Waals surface area contributed by atoms with Crippen LogP contribution in [0.25, 0.3) is 0 Å². The maximum Gasteiger partial charge on any atom is 0.203 e. The Morgan fingerprint density at radius 1 is 0.783 bits per heavy atom. The zero-order valence-electron chi connectivity index (χ0n) is 17.3. The second-order valence-corrected chi connectivity index (χ2v) is 20.4. The van der Waals surface area contributed by atoms with Crippen molar-refractivity contribution in [2.24, 2.45) is 0 Å². The normalized spacial score (nSPS) is 13.9. The fourth-order valence-electron chi connectivity index (χ4n) is 3.67. The summed E-state index contributed by atoms with van der Waals surface area (Å²) in [6.07, 6.45) is 0. The van der Waals surface area contributed by atoms with E-state index in [1.807, 2.05) is 0 Å². The second kappa shape index (κ2) is 9.68. The molecule has 0 unspecified atom stereocenters. The number of hydrogen-bond acceptors (Lipinski definition) is 3. The van der Waals surface area contributed by atoms with Gasteiger partial charge >= 0.3 is 0 Å². The number of rotatable bonds is 12. The van der Waals surface area contributed by atoms with Crippen molar-refractivity contribution in [3.8, 4) is 0 Å². The van der Waals surface area contributed by atoms with Gasteiger partial charge in [-0.05, 0) is 71.0 Å². The molecule has 0 fully saturated rings. The Hall–Kier alpha value is 0.271. The minimum absolute atomic E-state index is 1.16. The first kappa shape index (κ1) is 23.3. The van der Waals surface area contributed by atoms with Crippen LogP contribution in [0.5, 0.6) is 0 Å². The van der Waals surface area contributed by atoms with Crippen LogP contribution in [0.15, 0.2) is 12.3 Å². The topological polar surface area (TPSA) is 15.7 Å². The van der Waals surface area contributed by atoms with Crippen molar-refractivity contribution in [1.29, 1.82) is 0 Å². The monoisotopic (exact) mass is 374 g/mol. The van der Waals surface area contributed by atoms with Crippen molar-refractivity contribution in [3.05, 3.63) is 12.3 Å². The Labute approximate surface area is 149 Å². The lowest BCUT2D eigenvalue weighted by molar-refractivity contribution is 0.354. The number of hydrogen-bond donors (Lipinski definition) is 0. The average molecular weight is 375 g/mol.